The van der Waals surface area contributed by atoms with Crippen molar-refractivity contribution < 1.29 is 5.73 Å². The van der Waals surface area contributed by atoms with E-state index >= 15 is 0 Å². The molecule has 0 aliphatic heterocycles. The fourth-order valence-corrected chi connectivity index (χ4v) is 0. The minimum Gasteiger partial charge on any atom is -0.360 e. The van der Waals surface area contributed by atoms with Gasteiger partial charge in [0.1, 0.15) is 0 Å². The van der Waals surface area contributed by atoms with Gasteiger partial charge in [-0.15, -0.1) is 0 Å². The SMILES string of the molecule is CN.C[NH3+]. The first-order chi connectivity index (χ1) is 2.00. The van der Waals surface area contributed by atoms with Crippen LogP contribution in [-0.4, -0.2) is 14.1 Å². The van der Waals surface area contributed by atoms with Gasteiger partial charge in [0, 0.05) is 0 Å². The van der Waals surface area contributed by atoms with Crippen LogP contribution in [0.25, 0.3) is 0 Å². The summed E-state index contributed by atoms with van der Waals surface area (Å²) in [5.74, 6) is 0. The van der Waals surface area contributed by atoms with Crippen molar-refractivity contribution in [3.63, 3.8) is 0 Å². The van der Waals surface area contributed by atoms with Crippen LogP contribution in [0.15, 0.2) is 0 Å². The van der Waals surface area contributed by atoms with Crippen LogP contribution in [0.4, 0.5) is 0 Å². The highest BCUT2D eigenvalue weighted by Crippen LogP contribution is 0.469. The summed E-state index contributed by atoms with van der Waals surface area (Å²) in [7, 11) is 3.25. The molecule has 0 bridgehead atoms. The zero-order valence-electron chi connectivity index (χ0n) is 3.28. The molecule has 2 heteroatoms. The Hall–Kier alpha value is -0.0800. The largest absolute Gasteiger partial charge is 0.360 e. The van der Waals surface area contributed by atoms with Gasteiger partial charge < -0.3 is 11.5 Å². The molecule has 0 fully saturated rings. The minimum atomic E-state index is 1.50. The Bertz CT molecular complexity index is 4.00. The molecule has 0 saturated carbocycles. The Kier molecular flexibility index (Phi) is 3810. The fourth-order valence-electron chi connectivity index (χ4n) is 0. The van der Waals surface area contributed by atoms with E-state index in [1.54, 1.807) is 7.05 Å². The van der Waals surface area contributed by atoms with Crippen molar-refractivity contribution in [3.8, 4) is 0 Å². The Labute approximate surface area is 26.8 Å². The molecule has 0 spiro atoms. The summed E-state index contributed by atoms with van der Waals surface area (Å²) >= 11 is 0. The van der Waals surface area contributed by atoms with Crippen LogP contribution >= 0.6 is 0 Å². The number of rotatable bonds is 0. The van der Waals surface area contributed by atoms with Gasteiger partial charge in [-0.25, -0.2) is 0 Å². The highest BCUT2D eigenvalue weighted by atomic mass is 14.4. The lowest BCUT2D eigenvalue weighted by atomic mass is 11.6. The van der Waals surface area contributed by atoms with E-state index in [4.69, 9.17) is 0 Å². The molecular formula is C2H11N2+. The average Bonchev–Trinajstić information content (AvgIpc) is 1.50. The first-order valence-electron chi connectivity index (χ1n) is 1.28. The van der Waals surface area contributed by atoms with Gasteiger partial charge in [0.2, 0.25) is 0 Å². The molecule has 0 aliphatic rings. The second kappa shape index (κ2) is 1680. The highest BCUT2D eigenvalue weighted by Gasteiger charge is 0.874. The van der Waals surface area contributed by atoms with Gasteiger partial charge in [-0.1, -0.05) is 0 Å². The quantitative estimate of drug-likeness (QED) is 0.351. The van der Waals surface area contributed by atoms with E-state index in [-0.39, 0.29) is 0 Å². The molecule has 0 aromatic heterocycles. The molecular weight excluding hydrogens is 52.0 g/mol. The van der Waals surface area contributed by atoms with Crippen LogP contribution in [-0.2, 0) is 0 Å². The molecule has 0 atom stereocenters. The summed E-state index contributed by atoms with van der Waals surface area (Å²) in [5.41, 5.74) is 7.75. The second-order valence-corrected chi connectivity index (χ2v) is 0. The van der Waals surface area contributed by atoms with E-state index in [2.05, 4.69) is 11.5 Å². The maximum Gasteiger partial charge on any atom is 0.0634 e. The van der Waals surface area contributed by atoms with Gasteiger partial charge in [0.25, 0.3) is 0 Å². The number of hydrogen-bond donors (Lipinski definition) is 2. The second-order valence-electron chi connectivity index (χ2n) is 0. The summed E-state index contributed by atoms with van der Waals surface area (Å²) in [6, 6.07) is 0. The van der Waals surface area contributed by atoms with Gasteiger partial charge in [0.05, 0.1) is 7.05 Å². The van der Waals surface area contributed by atoms with Crippen molar-refractivity contribution in [2.75, 3.05) is 14.1 Å². The summed E-state index contributed by atoms with van der Waals surface area (Å²) in [6.07, 6.45) is 0. The van der Waals surface area contributed by atoms with Crippen molar-refractivity contribution in [2.45, 2.75) is 0 Å². The fraction of sp³-hybridized carbons (Fsp3) is 1.00. The summed E-state index contributed by atoms with van der Waals surface area (Å²) in [5, 5.41) is 0. The van der Waals surface area contributed by atoms with Crippen molar-refractivity contribution in [3.05, 3.63) is 0 Å². The third kappa shape index (κ3) is 254. The van der Waals surface area contributed by atoms with E-state index in [1.165, 1.54) is 7.05 Å². The van der Waals surface area contributed by atoms with E-state index in [0.29, 0.717) is 0 Å². The molecule has 28 valence electrons. The molecule has 0 unspecified atom stereocenters. The number of hydrogen-bond acceptors (Lipinski definition) is 1. The van der Waals surface area contributed by atoms with Crippen LogP contribution in [0.3, 0.4) is 0 Å². The molecule has 0 aromatic rings. The van der Waals surface area contributed by atoms with E-state index in [1.807, 2.05) is 0 Å². The monoisotopic (exact) mass is 63.1 g/mol. The number of quaternary nitrogens is 1. The van der Waals surface area contributed by atoms with Crippen molar-refractivity contribution >= 4 is 0 Å². The van der Waals surface area contributed by atoms with Crippen molar-refractivity contribution in [1.29, 1.82) is 0 Å². The normalized spacial score (nSPS) is 3.00. The standard InChI is InChI=1S/2CH5N/c2*1-2/h2*2H2,1H3/p+1. The predicted molar refractivity (Wildman–Crippen MR) is 18.9 cm³/mol. The summed E-state index contributed by atoms with van der Waals surface area (Å²) in [6.45, 7) is 0. The first-order valence-corrected chi connectivity index (χ1v) is 1.28. The Morgan fingerprint density at radius 3 is 1.25 bits per heavy atom. The van der Waals surface area contributed by atoms with Gasteiger partial charge in [-0.05, 0) is 7.05 Å². The molecule has 0 amide bonds. The van der Waals surface area contributed by atoms with Crippen LogP contribution in [0.1, 0.15) is 0 Å². The average molecular weight is 63.1 g/mol. The smallest absolute Gasteiger partial charge is 0.0634 e. The molecule has 0 radical (unpaired) electrons. The molecule has 5 N–H and O–H groups in total. The highest BCUT2D eigenvalue weighted by molar-refractivity contribution is 3.54. The van der Waals surface area contributed by atoms with Gasteiger partial charge in [-0.3, -0.25) is 0 Å². The summed E-state index contributed by atoms with van der Waals surface area (Å²) in [4.78, 5) is 0. The predicted octanol–water partition coefficient (Wildman–Crippen LogP) is -1.57. The Morgan fingerprint density at radius 2 is 1.25 bits per heavy atom. The molecule has 0 saturated heterocycles. The maximum absolute atomic E-state index is 4.50. The maximum atomic E-state index is 4.50. The molecule has 0 aromatic carbocycles. The first kappa shape index (κ1) is 9.07. The van der Waals surface area contributed by atoms with Crippen LogP contribution < -0.4 is 11.5 Å². The van der Waals surface area contributed by atoms with Gasteiger partial charge >= 0.3 is 0 Å². The molecule has 0 rings (SSSR count). The van der Waals surface area contributed by atoms with E-state index < -0.39 is 0 Å². The lowest BCUT2D eigenvalue weighted by Crippen LogP contribution is -2.40. The topological polar surface area (TPSA) is 53.7 Å². The van der Waals surface area contributed by atoms with Crippen molar-refractivity contribution in [1.82, 2.24) is 0 Å². The lowest BCUT2D eigenvalue weighted by Gasteiger charge is -1.19. The molecule has 0 aliphatic carbocycles. The molecule has 4 heavy (non-hydrogen) atoms. The van der Waals surface area contributed by atoms with Gasteiger partial charge in [0.15, 0.2) is 0 Å². The van der Waals surface area contributed by atoms with Crippen LogP contribution in [0.2, 0.25) is 0 Å². The Morgan fingerprint density at radius 1 is 1.25 bits per heavy atom. The number of nitrogens with two attached hydrogens (primary N) is 1. The zero-order chi connectivity index (χ0) is 4.00. The molecule has 2 nitrogen and oxygen atoms in total. The third-order valence-electron chi connectivity index (χ3n) is 0. The third-order valence-corrected chi connectivity index (χ3v) is 0. The van der Waals surface area contributed by atoms with Gasteiger partial charge in [-0.2, -0.15) is 0 Å². The van der Waals surface area contributed by atoms with Crippen LogP contribution in [0.5, 0.6) is 0 Å². The summed E-state index contributed by atoms with van der Waals surface area (Å²) < 4.78 is 0. The lowest BCUT2D eigenvalue weighted by molar-refractivity contribution is -0.325. The van der Waals surface area contributed by atoms with E-state index in [0.717, 1.165) is 0 Å². The Balaban J connectivity index is 0. The molecule has 0 heterocycles. The van der Waals surface area contributed by atoms with E-state index in [9.17, 15) is 0 Å². The van der Waals surface area contributed by atoms with Crippen molar-refractivity contribution in [2.24, 2.45) is 5.73 Å². The zero-order valence-corrected chi connectivity index (χ0v) is 3.28. The van der Waals surface area contributed by atoms with Crippen LogP contribution in [0, 0.1) is 0 Å². The minimum absolute atomic E-state index is 1.50.